The van der Waals surface area contributed by atoms with Crippen molar-refractivity contribution >= 4 is 67.2 Å². The molecule has 6 nitrogen and oxygen atoms in total. The zero-order valence-corrected chi connectivity index (χ0v) is 25.2. The van der Waals surface area contributed by atoms with Crippen molar-refractivity contribution in [3.05, 3.63) is 58.3 Å². The summed E-state index contributed by atoms with van der Waals surface area (Å²) < 4.78 is 0. The van der Waals surface area contributed by atoms with Gasteiger partial charge in [-0.25, -0.2) is 0 Å². The van der Waals surface area contributed by atoms with Gasteiger partial charge in [0.1, 0.15) is 0 Å². The predicted octanol–water partition coefficient (Wildman–Crippen LogP) is 6.87. The summed E-state index contributed by atoms with van der Waals surface area (Å²) in [5.74, 6) is -0.130. The van der Waals surface area contributed by atoms with E-state index < -0.39 is 0 Å². The molecule has 4 heterocycles. The minimum absolute atomic E-state index is 0.0652. The van der Waals surface area contributed by atoms with Crippen LogP contribution < -0.4 is 20.4 Å². The van der Waals surface area contributed by atoms with E-state index in [1.54, 1.807) is 22.7 Å². The molecule has 0 aromatic carbocycles. The number of hydrogen-bond donors (Lipinski definition) is 2. The SMILES string of the molecule is CN(C)c1ccc(-c2ccc(C(=O)N[C@@H]3CCCC[C@H]3NC(=O)c3ccc(-c4ccc(N(C)C)s4)s3)s2)s1. The maximum Gasteiger partial charge on any atom is 0.261 e. The van der Waals surface area contributed by atoms with E-state index in [4.69, 9.17) is 0 Å². The lowest BCUT2D eigenvalue weighted by Gasteiger charge is -2.32. The Labute approximate surface area is 239 Å². The van der Waals surface area contributed by atoms with Crippen molar-refractivity contribution in [1.29, 1.82) is 0 Å². The highest BCUT2D eigenvalue weighted by molar-refractivity contribution is 7.25. The lowest BCUT2D eigenvalue weighted by molar-refractivity contribution is 0.0867. The third-order valence-electron chi connectivity index (χ3n) is 6.61. The van der Waals surface area contributed by atoms with Gasteiger partial charge in [0.15, 0.2) is 0 Å². The van der Waals surface area contributed by atoms with E-state index in [-0.39, 0.29) is 23.9 Å². The summed E-state index contributed by atoms with van der Waals surface area (Å²) in [5.41, 5.74) is 0. The van der Waals surface area contributed by atoms with Crippen molar-refractivity contribution in [3.8, 4) is 19.5 Å². The maximum absolute atomic E-state index is 13.2. The number of thiophene rings is 4. The van der Waals surface area contributed by atoms with Crippen molar-refractivity contribution < 1.29 is 9.59 Å². The second-order valence-corrected chi connectivity index (χ2v) is 14.1. The van der Waals surface area contributed by atoms with Crippen molar-refractivity contribution in [3.63, 3.8) is 0 Å². The molecule has 2 atom stereocenters. The molecule has 0 bridgehead atoms. The quantitative estimate of drug-likeness (QED) is 0.237. The van der Waals surface area contributed by atoms with Crippen LogP contribution in [0.2, 0.25) is 0 Å². The fraction of sp³-hybridized carbons (Fsp3) is 0.357. The smallest absolute Gasteiger partial charge is 0.261 e. The van der Waals surface area contributed by atoms with E-state index in [1.165, 1.54) is 32.7 Å². The number of anilines is 2. The molecule has 1 aliphatic carbocycles. The van der Waals surface area contributed by atoms with Crippen LogP contribution in [-0.2, 0) is 0 Å². The molecule has 4 aromatic rings. The molecule has 0 aliphatic heterocycles. The molecule has 10 heteroatoms. The molecule has 38 heavy (non-hydrogen) atoms. The molecule has 0 saturated heterocycles. The molecule has 0 spiro atoms. The summed E-state index contributed by atoms with van der Waals surface area (Å²) in [4.78, 5) is 36.4. The molecule has 1 fully saturated rings. The zero-order valence-electron chi connectivity index (χ0n) is 21.9. The number of nitrogens with zero attached hydrogens (tertiary/aromatic N) is 2. The van der Waals surface area contributed by atoms with Crippen LogP contribution in [0.1, 0.15) is 45.0 Å². The van der Waals surface area contributed by atoms with Crippen LogP contribution >= 0.6 is 45.3 Å². The Hall–Kier alpha value is -2.66. The highest BCUT2D eigenvalue weighted by Crippen LogP contribution is 2.38. The van der Waals surface area contributed by atoms with E-state index in [2.05, 4.69) is 44.7 Å². The Morgan fingerprint density at radius 2 is 0.974 bits per heavy atom. The van der Waals surface area contributed by atoms with Crippen molar-refractivity contribution in [2.75, 3.05) is 38.0 Å². The van der Waals surface area contributed by atoms with Gasteiger partial charge in [-0.2, -0.15) is 0 Å². The molecule has 0 radical (unpaired) electrons. The van der Waals surface area contributed by atoms with Gasteiger partial charge in [-0.1, -0.05) is 12.8 Å². The maximum atomic E-state index is 13.2. The first-order chi connectivity index (χ1) is 18.3. The number of nitrogens with one attached hydrogen (secondary N) is 2. The standard InChI is InChI=1S/C28H32N4O2S4/c1-31(2)25-15-13-21(37-25)19-9-11-23(35-19)27(33)29-17-7-5-6-8-18(17)30-28(34)24-12-10-20(36-24)22-14-16-26(38-22)32(3)4/h9-18H,5-8H2,1-4H3,(H,29,33)(H,30,34)/t17-,18-/m1/s1. The molecule has 0 unspecified atom stereocenters. The van der Waals surface area contributed by atoms with Gasteiger partial charge in [0.05, 0.1) is 19.8 Å². The molecule has 4 aromatic heterocycles. The fourth-order valence-corrected chi connectivity index (χ4v) is 8.40. The summed E-state index contributed by atoms with van der Waals surface area (Å²) in [5, 5.41) is 8.83. The Kier molecular flexibility index (Phi) is 8.23. The van der Waals surface area contributed by atoms with E-state index in [1.807, 2.05) is 52.5 Å². The topological polar surface area (TPSA) is 64.7 Å². The van der Waals surface area contributed by atoms with Gasteiger partial charge in [0.2, 0.25) is 0 Å². The molecule has 2 amide bonds. The van der Waals surface area contributed by atoms with Crippen LogP contribution in [0.4, 0.5) is 10.0 Å². The third kappa shape index (κ3) is 5.98. The summed E-state index contributed by atoms with van der Waals surface area (Å²) in [7, 11) is 8.13. The molecule has 1 saturated carbocycles. The Bertz CT molecular complexity index is 1310. The van der Waals surface area contributed by atoms with E-state index in [9.17, 15) is 9.59 Å². The van der Waals surface area contributed by atoms with Gasteiger partial charge in [0, 0.05) is 59.8 Å². The normalized spacial score (nSPS) is 17.3. The minimum Gasteiger partial charge on any atom is -0.370 e. The van der Waals surface area contributed by atoms with Crippen LogP contribution in [-0.4, -0.2) is 52.1 Å². The summed E-state index contributed by atoms with van der Waals surface area (Å²) in [6.07, 6.45) is 3.82. The highest BCUT2D eigenvalue weighted by atomic mass is 32.1. The number of hydrogen-bond acceptors (Lipinski definition) is 8. The third-order valence-corrected chi connectivity index (χ3v) is 11.7. The van der Waals surface area contributed by atoms with Gasteiger partial charge in [-0.05, 0) is 61.4 Å². The largest absolute Gasteiger partial charge is 0.370 e. The van der Waals surface area contributed by atoms with Crippen LogP contribution in [0.3, 0.4) is 0 Å². The van der Waals surface area contributed by atoms with Crippen LogP contribution in [0.25, 0.3) is 19.5 Å². The summed E-state index contributed by atoms with van der Waals surface area (Å²) >= 11 is 6.47. The van der Waals surface area contributed by atoms with Crippen LogP contribution in [0.5, 0.6) is 0 Å². The molecular weight excluding hydrogens is 553 g/mol. The van der Waals surface area contributed by atoms with Crippen molar-refractivity contribution in [1.82, 2.24) is 10.6 Å². The first-order valence-electron chi connectivity index (χ1n) is 12.6. The van der Waals surface area contributed by atoms with Gasteiger partial charge in [-0.3, -0.25) is 9.59 Å². The average Bonchev–Trinajstić information content (AvgIpc) is 3.69. The van der Waals surface area contributed by atoms with E-state index in [0.29, 0.717) is 9.75 Å². The molecule has 5 rings (SSSR count). The number of carbonyl (C=O) groups is 2. The monoisotopic (exact) mass is 584 g/mol. The second kappa shape index (κ2) is 11.6. The fourth-order valence-electron chi connectivity index (χ4n) is 4.54. The van der Waals surface area contributed by atoms with Crippen LogP contribution in [0, 0.1) is 0 Å². The molecule has 1 aliphatic rings. The Balaban J connectivity index is 1.22. The van der Waals surface area contributed by atoms with Gasteiger partial charge >= 0.3 is 0 Å². The number of carbonyl (C=O) groups excluding carboxylic acids is 2. The lowest BCUT2D eigenvalue weighted by Crippen LogP contribution is -2.53. The number of amides is 2. The van der Waals surface area contributed by atoms with Gasteiger partial charge in [0.25, 0.3) is 11.8 Å². The summed E-state index contributed by atoms with van der Waals surface area (Å²) in [6, 6.07) is 16.1. The van der Waals surface area contributed by atoms with Gasteiger partial charge in [-0.15, -0.1) is 45.3 Å². The van der Waals surface area contributed by atoms with Gasteiger partial charge < -0.3 is 20.4 Å². The lowest BCUT2D eigenvalue weighted by atomic mass is 9.90. The van der Waals surface area contributed by atoms with Crippen LogP contribution in [0.15, 0.2) is 48.5 Å². The van der Waals surface area contributed by atoms with E-state index >= 15 is 0 Å². The first kappa shape index (κ1) is 26.9. The first-order valence-corrected chi connectivity index (χ1v) is 15.9. The van der Waals surface area contributed by atoms with Crippen molar-refractivity contribution in [2.24, 2.45) is 0 Å². The Morgan fingerprint density at radius 3 is 1.34 bits per heavy atom. The average molecular weight is 585 g/mol. The Morgan fingerprint density at radius 1 is 0.605 bits per heavy atom. The second-order valence-electron chi connectivity index (χ2n) is 9.84. The minimum atomic E-state index is -0.0767. The number of rotatable bonds is 8. The summed E-state index contributed by atoms with van der Waals surface area (Å²) in [6.45, 7) is 0. The molecular formula is C28H32N4O2S4. The molecule has 2 N–H and O–H groups in total. The van der Waals surface area contributed by atoms with Crippen molar-refractivity contribution in [2.45, 2.75) is 37.8 Å². The molecule has 200 valence electrons. The highest BCUT2D eigenvalue weighted by Gasteiger charge is 2.29. The van der Waals surface area contributed by atoms with E-state index in [0.717, 1.165) is 45.2 Å². The predicted molar refractivity (Wildman–Crippen MR) is 165 cm³/mol. The zero-order chi connectivity index (χ0) is 26.8.